The van der Waals surface area contributed by atoms with Gasteiger partial charge in [0.15, 0.2) is 0 Å². The first-order valence-corrected chi connectivity index (χ1v) is 10.0. The van der Waals surface area contributed by atoms with Gasteiger partial charge in [-0.1, -0.05) is 30.3 Å². The van der Waals surface area contributed by atoms with Crippen LogP contribution >= 0.6 is 0 Å². The monoisotopic (exact) mass is 418 g/mol. The molecule has 8 heteroatoms. The van der Waals surface area contributed by atoms with E-state index >= 15 is 0 Å². The number of non-ortho nitro benzene ring substituents is 1. The van der Waals surface area contributed by atoms with Gasteiger partial charge in [-0.05, 0) is 19.9 Å². The molecule has 1 aliphatic heterocycles. The van der Waals surface area contributed by atoms with Crippen LogP contribution in [0, 0.1) is 10.1 Å². The number of para-hydroxylation sites is 1. The zero-order chi connectivity index (χ0) is 22.0. The summed E-state index contributed by atoms with van der Waals surface area (Å²) in [6.07, 6.45) is 3.91. The summed E-state index contributed by atoms with van der Waals surface area (Å²) in [7, 11) is 0. The summed E-state index contributed by atoms with van der Waals surface area (Å²) in [6.45, 7) is 3.85. The normalized spacial score (nSPS) is 16.5. The van der Waals surface area contributed by atoms with E-state index in [0.29, 0.717) is 17.7 Å². The second-order valence-corrected chi connectivity index (χ2v) is 7.25. The zero-order valence-electron chi connectivity index (χ0n) is 17.2. The molecule has 31 heavy (non-hydrogen) atoms. The molecule has 1 N–H and O–H groups in total. The van der Waals surface area contributed by atoms with E-state index in [0.717, 1.165) is 22.2 Å². The summed E-state index contributed by atoms with van der Waals surface area (Å²) in [5, 5.41) is 18.8. The Labute approximate surface area is 179 Å². The minimum atomic E-state index is -0.434. The Hall–Kier alpha value is -3.94. The summed E-state index contributed by atoms with van der Waals surface area (Å²) < 4.78 is 5.05. The summed E-state index contributed by atoms with van der Waals surface area (Å²) in [6, 6.07) is 14.3. The lowest BCUT2D eigenvalue weighted by Gasteiger charge is -2.23. The van der Waals surface area contributed by atoms with Gasteiger partial charge in [-0.15, -0.1) is 0 Å². The number of allylic oxidation sites excluding steroid dienone is 1. The topological polar surface area (TPSA) is 101 Å². The van der Waals surface area contributed by atoms with Gasteiger partial charge in [-0.25, -0.2) is 4.79 Å². The summed E-state index contributed by atoms with van der Waals surface area (Å²) in [5.74, 6) is -0.434. The van der Waals surface area contributed by atoms with Crippen LogP contribution in [0.1, 0.15) is 37.4 Å². The molecule has 8 nitrogen and oxygen atoms in total. The van der Waals surface area contributed by atoms with Crippen LogP contribution < -0.4 is 0 Å². The number of hydrazone groups is 1. The van der Waals surface area contributed by atoms with Gasteiger partial charge in [0.25, 0.3) is 5.69 Å². The third-order valence-corrected chi connectivity index (χ3v) is 5.26. The van der Waals surface area contributed by atoms with Crippen LogP contribution in [0.3, 0.4) is 0 Å². The average Bonchev–Trinajstić information content (AvgIpc) is 3.38. The Bertz CT molecular complexity index is 1210. The van der Waals surface area contributed by atoms with Crippen LogP contribution in [0.15, 0.2) is 71.6 Å². The van der Waals surface area contributed by atoms with E-state index in [4.69, 9.17) is 9.84 Å². The quantitative estimate of drug-likeness (QED) is 0.271. The number of rotatable bonds is 6. The van der Waals surface area contributed by atoms with Crippen LogP contribution in [0.25, 0.3) is 10.9 Å². The Kier molecular flexibility index (Phi) is 5.53. The molecule has 0 bridgehead atoms. The van der Waals surface area contributed by atoms with Gasteiger partial charge in [-0.2, -0.15) is 5.10 Å². The smallest absolute Gasteiger partial charge is 0.332 e. The Morgan fingerprint density at radius 3 is 2.90 bits per heavy atom. The van der Waals surface area contributed by atoms with Gasteiger partial charge in [0.05, 0.1) is 23.3 Å². The van der Waals surface area contributed by atoms with Crippen molar-refractivity contribution >= 4 is 28.3 Å². The van der Waals surface area contributed by atoms with Crippen LogP contribution in [-0.2, 0) is 9.53 Å². The van der Waals surface area contributed by atoms with Gasteiger partial charge in [0, 0.05) is 58.6 Å². The highest BCUT2D eigenvalue weighted by Gasteiger charge is 2.32. The minimum absolute atomic E-state index is 0.0149. The van der Waals surface area contributed by atoms with E-state index in [-0.39, 0.29) is 18.3 Å². The van der Waals surface area contributed by atoms with E-state index in [1.54, 1.807) is 24.9 Å². The molecular formula is C23H22N4O4. The number of nitro groups is 1. The van der Waals surface area contributed by atoms with Gasteiger partial charge in [-0.3, -0.25) is 15.1 Å². The van der Waals surface area contributed by atoms with E-state index in [9.17, 15) is 14.9 Å². The molecule has 0 saturated heterocycles. The van der Waals surface area contributed by atoms with Gasteiger partial charge < -0.3 is 9.72 Å². The number of nitrogens with zero attached hydrogens (tertiary/aromatic N) is 3. The fourth-order valence-corrected chi connectivity index (χ4v) is 3.84. The molecule has 1 atom stereocenters. The highest BCUT2D eigenvalue weighted by molar-refractivity contribution is 6.03. The lowest BCUT2D eigenvalue weighted by atomic mass is 9.97. The summed E-state index contributed by atoms with van der Waals surface area (Å²) >= 11 is 0. The molecule has 0 fully saturated rings. The molecule has 0 aliphatic carbocycles. The van der Waals surface area contributed by atoms with E-state index < -0.39 is 10.9 Å². The number of hydrogen-bond acceptors (Lipinski definition) is 6. The van der Waals surface area contributed by atoms with Crippen LogP contribution in [0.2, 0.25) is 0 Å². The third kappa shape index (κ3) is 4.05. The second-order valence-electron chi connectivity index (χ2n) is 7.25. The highest BCUT2D eigenvalue weighted by Crippen LogP contribution is 2.38. The first-order chi connectivity index (χ1) is 15.0. The number of nitrogens with one attached hydrogen (secondary N) is 1. The largest absolute Gasteiger partial charge is 0.463 e. The standard InChI is InChI=1S/C23H22N4O4/c1-3-31-23(28)11-15(2)26-22(19-14-24-20-10-5-4-9-18(19)20)13-21(25-26)16-7-6-8-17(12-16)27(29)30/h4-12,14,22,24H,3,13H2,1-2H3/b15-11+. The van der Waals surface area contributed by atoms with Crippen molar-refractivity contribution in [2.75, 3.05) is 6.61 Å². The number of benzene rings is 2. The van der Waals surface area contributed by atoms with Crippen LogP contribution in [-0.4, -0.2) is 33.2 Å². The number of carbonyl (C=O) groups is 1. The molecule has 4 rings (SSSR count). The second kappa shape index (κ2) is 8.43. The first kappa shape index (κ1) is 20.3. The molecule has 2 heterocycles. The van der Waals surface area contributed by atoms with E-state index in [2.05, 4.69) is 4.98 Å². The van der Waals surface area contributed by atoms with Crippen molar-refractivity contribution in [1.29, 1.82) is 0 Å². The average molecular weight is 418 g/mol. The molecule has 1 unspecified atom stereocenters. The Morgan fingerprint density at radius 1 is 1.32 bits per heavy atom. The number of esters is 1. The number of aromatic amines is 1. The predicted octanol–water partition coefficient (Wildman–Crippen LogP) is 4.69. The van der Waals surface area contributed by atoms with Crippen molar-refractivity contribution in [1.82, 2.24) is 9.99 Å². The van der Waals surface area contributed by atoms with Gasteiger partial charge in [0.1, 0.15) is 0 Å². The number of H-pyrrole nitrogens is 1. The number of nitro benzene ring substituents is 1. The molecule has 158 valence electrons. The molecule has 1 aliphatic rings. The fraction of sp³-hybridized carbons (Fsp3) is 0.217. The van der Waals surface area contributed by atoms with Crippen molar-refractivity contribution < 1.29 is 14.5 Å². The van der Waals surface area contributed by atoms with Crippen molar-refractivity contribution in [2.24, 2.45) is 5.10 Å². The van der Waals surface area contributed by atoms with Crippen molar-refractivity contribution in [3.63, 3.8) is 0 Å². The number of hydrogen-bond donors (Lipinski definition) is 1. The van der Waals surface area contributed by atoms with E-state index in [1.165, 1.54) is 18.2 Å². The molecular weight excluding hydrogens is 396 g/mol. The minimum Gasteiger partial charge on any atom is -0.463 e. The maximum atomic E-state index is 12.0. The van der Waals surface area contributed by atoms with Crippen molar-refractivity contribution in [3.05, 3.63) is 87.7 Å². The zero-order valence-corrected chi connectivity index (χ0v) is 17.2. The SMILES string of the molecule is CCOC(=O)/C=C(\C)N1N=C(c2cccc([N+](=O)[O-])c2)CC1c1c[nH]c2ccccc12. The first-order valence-electron chi connectivity index (χ1n) is 10.0. The summed E-state index contributed by atoms with van der Waals surface area (Å²) in [4.78, 5) is 26.1. The predicted molar refractivity (Wildman–Crippen MR) is 118 cm³/mol. The van der Waals surface area contributed by atoms with Crippen molar-refractivity contribution in [2.45, 2.75) is 26.3 Å². The molecule has 0 amide bonds. The highest BCUT2D eigenvalue weighted by atomic mass is 16.6. The van der Waals surface area contributed by atoms with Crippen LogP contribution in [0.4, 0.5) is 5.69 Å². The number of aromatic nitrogens is 1. The number of ether oxygens (including phenoxy) is 1. The lowest BCUT2D eigenvalue weighted by molar-refractivity contribution is -0.384. The molecule has 0 saturated carbocycles. The molecule has 2 aromatic carbocycles. The van der Waals surface area contributed by atoms with Crippen LogP contribution in [0.5, 0.6) is 0 Å². The molecule has 0 radical (unpaired) electrons. The number of carbonyl (C=O) groups excluding carboxylic acids is 1. The van der Waals surface area contributed by atoms with Gasteiger partial charge >= 0.3 is 5.97 Å². The lowest BCUT2D eigenvalue weighted by Crippen LogP contribution is -2.18. The van der Waals surface area contributed by atoms with E-state index in [1.807, 2.05) is 36.5 Å². The third-order valence-electron chi connectivity index (χ3n) is 5.26. The molecule has 1 aromatic heterocycles. The summed E-state index contributed by atoms with van der Waals surface area (Å²) in [5.41, 5.74) is 4.10. The Morgan fingerprint density at radius 2 is 2.13 bits per heavy atom. The molecule has 0 spiro atoms. The van der Waals surface area contributed by atoms with Crippen molar-refractivity contribution in [3.8, 4) is 0 Å². The maximum absolute atomic E-state index is 12.0. The maximum Gasteiger partial charge on any atom is 0.332 e. The fourth-order valence-electron chi connectivity index (χ4n) is 3.84. The Balaban J connectivity index is 1.76. The van der Waals surface area contributed by atoms with Gasteiger partial charge in [0.2, 0.25) is 0 Å². The molecule has 3 aromatic rings. The number of fused-ring (bicyclic) bond motifs is 1.